The molecule has 8 nitrogen and oxygen atoms in total. The highest BCUT2D eigenvalue weighted by Gasteiger charge is 2.23. The first-order valence-electron chi connectivity index (χ1n) is 5.48. The Hall–Kier alpha value is -2.74. The summed E-state index contributed by atoms with van der Waals surface area (Å²) >= 11 is 5.53. The zero-order valence-electron chi connectivity index (χ0n) is 9.89. The van der Waals surface area contributed by atoms with E-state index in [1.165, 1.54) is 4.68 Å². The van der Waals surface area contributed by atoms with Crippen LogP contribution in [0, 0.1) is 0 Å². The molecule has 0 unspecified atom stereocenters. The third kappa shape index (κ3) is 1.91. The van der Waals surface area contributed by atoms with Gasteiger partial charge in [-0.3, -0.25) is 4.79 Å². The minimum Gasteiger partial charge on any atom is -0.378 e. The van der Waals surface area contributed by atoms with E-state index in [0.29, 0.717) is 11.3 Å². The average Bonchev–Trinajstić information content (AvgIpc) is 3.05. The fourth-order valence-electron chi connectivity index (χ4n) is 1.76. The van der Waals surface area contributed by atoms with E-state index in [4.69, 9.17) is 17.3 Å². The van der Waals surface area contributed by atoms with E-state index in [0.717, 1.165) is 0 Å². The van der Waals surface area contributed by atoms with Gasteiger partial charge in [-0.2, -0.15) is 4.68 Å². The number of nitrogens with zero attached hydrogens (tertiary/aromatic N) is 5. The third-order valence-electron chi connectivity index (χ3n) is 2.60. The highest BCUT2D eigenvalue weighted by molar-refractivity contribution is 6.67. The maximum Gasteiger partial charge on any atom is 0.275 e. The van der Waals surface area contributed by atoms with E-state index in [2.05, 4.69) is 25.3 Å². The van der Waals surface area contributed by atoms with Crippen molar-refractivity contribution in [2.75, 3.05) is 5.73 Å². The lowest BCUT2D eigenvalue weighted by atomic mass is 10.1. The van der Waals surface area contributed by atoms with Crippen molar-refractivity contribution in [1.29, 1.82) is 0 Å². The van der Waals surface area contributed by atoms with Crippen LogP contribution < -0.4 is 5.73 Å². The Balaban J connectivity index is 2.27. The van der Waals surface area contributed by atoms with Crippen LogP contribution in [0.1, 0.15) is 10.5 Å². The number of hydrogen-bond acceptors (Lipinski definition) is 7. The summed E-state index contributed by atoms with van der Waals surface area (Å²) in [6, 6.07) is 9.01. The number of nitrogens with two attached hydrogens (primary N) is 1. The number of anilines is 1. The van der Waals surface area contributed by atoms with Gasteiger partial charge >= 0.3 is 0 Å². The van der Waals surface area contributed by atoms with E-state index >= 15 is 0 Å². The lowest BCUT2D eigenvalue weighted by molar-refractivity contribution is 0.107. The van der Waals surface area contributed by atoms with Gasteiger partial charge in [0, 0.05) is 5.56 Å². The van der Waals surface area contributed by atoms with Crippen LogP contribution in [0.25, 0.3) is 17.1 Å². The van der Waals surface area contributed by atoms with Gasteiger partial charge in [0.25, 0.3) is 5.24 Å². The number of hydrogen-bond donors (Lipinski definition) is 1. The van der Waals surface area contributed by atoms with Gasteiger partial charge in [0.05, 0.1) is 0 Å². The van der Waals surface area contributed by atoms with Crippen molar-refractivity contribution >= 4 is 22.7 Å². The number of aromatic nitrogens is 5. The third-order valence-corrected chi connectivity index (χ3v) is 2.78. The van der Waals surface area contributed by atoms with E-state index in [9.17, 15) is 4.79 Å². The molecule has 0 aliphatic carbocycles. The Kier molecular flexibility index (Phi) is 2.92. The lowest BCUT2D eigenvalue weighted by Crippen LogP contribution is -2.04. The number of benzene rings is 1. The van der Waals surface area contributed by atoms with Crippen molar-refractivity contribution in [2.45, 2.75) is 0 Å². The molecule has 20 heavy (non-hydrogen) atoms. The standard InChI is InChI=1S/C11H7ClN6O2/c12-9(19)7-8(6-4-2-1-3-5-6)18(17-14-7)11-10(13)15-20-16-11/h1-5H,(H2,13,15). The summed E-state index contributed by atoms with van der Waals surface area (Å²) < 4.78 is 5.79. The molecule has 2 N–H and O–H groups in total. The molecule has 0 atom stereocenters. The average molecular weight is 291 g/mol. The fraction of sp³-hybridized carbons (Fsp3) is 0. The summed E-state index contributed by atoms with van der Waals surface area (Å²) in [6.45, 7) is 0. The second-order valence-electron chi connectivity index (χ2n) is 3.81. The first kappa shape index (κ1) is 12.3. The normalized spacial score (nSPS) is 10.7. The molecule has 2 aromatic heterocycles. The zero-order chi connectivity index (χ0) is 14.1. The molecule has 0 spiro atoms. The summed E-state index contributed by atoms with van der Waals surface area (Å²) in [5.74, 6) is 0.168. The summed E-state index contributed by atoms with van der Waals surface area (Å²) in [7, 11) is 0. The molecular formula is C11H7ClN6O2. The molecular weight excluding hydrogens is 284 g/mol. The highest BCUT2D eigenvalue weighted by Crippen LogP contribution is 2.26. The summed E-state index contributed by atoms with van der Waals surface area (Å²) in [4.78, 5) is 11.5. The van der Waals surface area contributed by atoms with E-state index in [1.807, 2.05) is 6.07 Å². The van der Waals surface area contributed by atoms with Crippen molar-refractivity contribution < 1.29 is 9.42 Å². The summed E-state index contributed by atoms with van der Waals surface area (Å²) in [5.41, 5.74) is 6.68. The Morgan fingerprint density at radius 3 is 2.60 bits per heavy atom. The molecule has 0 aliphatic rings. The molecule has 0 bridgehead atoms. The molecule has 0 saturated heterocycles. The van der Waals surface area contributed by atoms with E-state index in [1.54, 1.807) is 24.3 Å². The fourth-order valence-corrected chi connectivity index (χ4v) is 1.88. The van der Waals surface area contributed by atoms with Crippen molar-refractivity contribution in [3.05, 3.63) is 36.0 Å². The van der Waals surface area contributed by atoms with Crippen molar-refractivity contribution in [1.82, 2.24) is 25.3 Å². The molecule has 0 saturated carbocycles. The van der Waals surface area contributed by atoms with Crippen LogP contribution in [0.3, 0.4) is 0 Å². The SMILES string of the molecule is Nc1nonc1-n1nnc(C(=O)Cl)c1-c1ccccc1. The van der Waals surface area contributed by atoms with Crippen LogP contribution >= 0.6 is 11.6 Å². The van der Waals surface area contributed by atoms with Gasteiger partial charge in [-0.1, -0.05) is 35.5 Å². The molecule has 0 aliphatic heterocycles. The summed E-state index contributed by atoms with van der Waals surface area (Å²) in [5, 5.41) is 14.0. The number of rotatable bonds is 3. The Morgan fingerprint density at radius 2 is 2.00 bits per heavy atom. The monoisotopic (exact) mass is 290 g/mol. The molecule has 1 aromatic carbocycles. The largest absolute Gasteiger partial charge is 0.378 e. The van der Waals surface area contributed by atoms with Gasteiger partial charge < -0.3 is 5.73 Å². The molecule has 2 heterocycles. The predicted octanol–water partition coefficient (Wildman–Crippen LogP) is 1.28. The van der Waals surface area contributed by atoms with Crippen molar-refractivity contribution in [2.24, 2.45) is 0 Å². The first-order valence-corrected chi connectivity index (χ1v) is 5.85. The molecule has 9 heteroatoms. The first-order chi connectivity index (χ1) is 9.68. The van der Waals surface area contributed by atoms with Crippen molar-refractivity contribution in [3.63, 3.8) is 0 Å². The maximum atomic E-state index is 11.5. The van der Waals surface area contributed by atoms with Crippen LogP contribution in [0.2, 0.25) is 0 Å². The Bertz CT molecular complexity index is 766. The number of nitrogen functional groups attached to an aromatic ring is 1. The molecule has 100 valence electrons. The van der Waals surface area contributed by atoms with Gasteiger partial charge in [0.1, 0.15) is 5.69 Å². The second-order valence-corrected chi connectivity index (χ2v) is 4.15. The highest BCUT2D eigenvalue weighted by atomic mass is 35.5. The number of carbonyl (C=O) groups excluding carboxylic acids is 1. The van der Waals surface area contributed by atoms with Crippen LogP contribution in [0.5, 0.6) is 0 Å². The minimum absolute atomic E-state index is 0.000247. The molecule has 0 amide bonds. The van der Waals surface area contributed by atoms with Gasteiger partial charge in [0.15, 0.2) is 5.69 Å². The topological polar surface area (TPSA) is 113 Å². The predicted molar refractivity (Wildman–Crippen MR) is 69.2 cm³/mol. The van der Waals surface area contributed by atoms with E-state index < -0.39 is 5.24 Å². The molecule has 0 radical (unpaired) electrons. The zero-order valence-corrected chi connectivity index (χ0v) is 10.7. The Morgan fingerprint density at radius 1 is 1.25 bits per heavy atom. The van der Waals surface area contributed by atoms with Gasteiger partial charge in [-0.05, 0) is 21.9 Å². The van der Waals surface area contributed by atoms with Gasteiger partial charge in [0.2, 0.25) is 11.6 Å². The van der Waals surface area contributed by atoms with E-state index in [-0.39, 0.29) is 17.3 Å². The van der Waals surface area contributed by atoms with Crippen LogP contribution in [0.15, 0.2) is 35.0 Å². The van der Waals surface area contributed by atoms with Gasteiger partial charge in [-0.15, -0.1) is 5.10 Å². The molecule has 0 fully saturated rings. The quantitative estimate of drug-likeness (QED) is 0.723. The number of carbonyl (C=O) groups is 1. The van der Waals surface area contributed by atoms with Crippen molar-refractivity contribution in [3.8, 4) is 17.1 Å². The van der Waals surface area contributed by atoms with Crippen LogP contribution in [0.4, 0.5) is 5.82 Å². The van der Waals surface area contributed by atoms with Crippen LogP contribution in [-0.4, -0.2) is 30.5 Å². The second kappa shape index (κ2) is 4.74. The van der Waals surface area contributed by atoms with Gasteiger partial charge in [-0.25, -0.2) is 4.63 Å². The Labute approximate surface area is 117 Å². The number of halogens is 1. The molecule has 3 rings (SSSR count). The maximum absolute atomic E-state index is 11.5. The van der Waals surface area contributed by atoms with Crippen LogP contribution in [-0.2, 0) is 0 Å². The molecule has 3 aromatic rings. The minimum atomic E-state index is -0.731. The smallest absolute Gasteiger partial charge is 0.275 e. The summed E-state index contributed by atoms with van der Waals surface area (Å²) in [6.07, 6.45) is 0. The lowest BCUT2D eigenvalue weighted by Gasteiger charge is -2.03.